The SMILES string of the molecule is Cc1nc([C@@H]2CCON2)cs1.Cc1nc([C@@H]2CCON2C(=O)OC(C)(C)C)cs1.O=C(O)C(F)(F)F. The molecule has 0 radical (unpaired) electrons. The molecule has 2 aliphatic heterocycles. The molecule has 0 saturated carbocycles. The smallest absolute Gasteiger partial charge is 0.475 e. The molecule has 2 atom stereocenters. The molecule has 2 saturated heterocycles. The van der Waals surface area contributed by atoms with Crippen molar-refractivity contribution in [1.82, 2.24) is 20.5 Å². The number of hydroxylamine groups is 3. The van der Waals surface area contributed by atoms with Gasteiger partial charge in [0, 0.05) is 17.2 Å². The van der Waals surface area contributed by atoms with E-state index in [4.69, 9.17) is 24.3 Å². The summed E-state index contributed by atoms with van der Waals surface area (Å²) in [5, 5.41) is 14.6. The van der Waals surface area contributed by atoms with E-state index in [9.17, 15) is 18.0 Å². The van der Waals surface area contributed by atoms with Crippen LogP contribution in [0.15, 0.2) is 10.8 Å². The lowest BCUT2D eigenvalue weighted by molar-refractivity contribution is -0.192. The number of carboxylic acids is 1. The van der Waals surface area contributed by atoms with Crippen molar-refractivity contribution in [2.24, 2.45) is 0 Å². The molecule has 2 aliphatic rings. The summed E-state index contributed by atoms with van der Waals surface area (Å²) in [6.07, 6.45) is -3.75. The number of carbonyl (C=O) groups excluding carboxylic acids is 1. The Hall–Kier alpha value is -2.33. The molecule has 2 N–H and O–H groups in total. The fourth-order valence-corrected chi connectivity index (χ4v) is 4.23. The number of rotatable bonds is 2. The van der Waals surface area contributed by atoms with Gasteiger partial charge in [-0.25, -0.2) is 19.6 Å². The fourth-order valence-electron chi connectivity index (χ4n) is 2.90. The lowest BCUT2D eigenvalue weighted by Crippen LogP contribution is -2.35. The predicted molar refractivity (Wildman–Crippen MR) is 125 cm³/mol. The van der Waals surface area contributed by atoms with Gasteiger partial charge in [-0.15, -0.1) is 22.7 Å². The van der Waals surface area contributed by atoms with Crippen LogP contribution in [0.3, 0.4) is 0 Å². The molecule has 202 valence electrons. The second-order valence-corrected chi connectivity index (χ2v) is 10.8. The number of amides is 1. The zero-order chi connectivity index (χ0) is 27.1. The van der Waals surface area contributed by atoms with Crippen LogP contribution in [0, 0.1) is 13.8 Å². The summed E-state index contributed by atoms with van der Waals surface area (Å²) in [6, 6.07) is 0.185. The van der Waals surface area contributed by atoms with E-state index >= 15 is 0 Å². The van der Waals surface area contributed by atoms with Crippen LogP contribution >= 0.6 is 22.7 Å². The topological polar surface area (TPSA) is 123 Å². The highest BCUT2D eigenvalue weighted by molar-refractivity contribution is 7.09. The average Bonchev–Trinajstić information content (AvgIpc) is 3.54. The number of halogens is 3. The summed E-state index contributed by atoms with van der Waals surface area (Å²) in [6.45, 7) is 10.8. The first-order chi connectivity index (χ1) is 16.7. The van der Waals surface area contributed by atoms with Crippen LogP contribution in [0.4, 0.5) is 18.0 Å². The molecular formula is C21H29F3N4O6S2. The molecule has 1 amide bonds. The van der Waals surface area contributed by atoms with Gasteiger partial charge in [0.25, 0.3) is 0 Å². The predicted octanol–water partition coefficient (Wildman–Crippen LogP) is 5.12. The third-order valence-electron chi connectivity index (χ3n) is 4.43. The molecule has 15 heteroatoms. The molecule has 4 heterocycles. The van der Waals surface area contributed by atoms with Crippen LogP contribution in [0.5, 0.6) is 0 Å². The van der Waals surface area contributed by atoms with Crippen LogP contribution in [-0.4, -0.2) is 57.2 Å². The van der Waals surface area contributed by atoms with Gasteiger partial charge in [0.05, 0.1) is 40.7 Å². The number of carboxylic acid groups (broad SMARTS) is 1. The maximum atomic E-state index is 12.0. The normalized spacial score (nSPS) is 19.7. The Morgan fingerprint density at radius 2 is 1.64 bits per heavy atom. The number of aromatic nitrogens is 2. The first-order valence-corrected chi connectivity index (χ1v) is 12.6. The van der Waals surface area contributed by atoms with Crippen molar-refractivity contribution in [1.29, 1.82) is 0 Å². The number of aliphatic carboxylic acids is 1. The molecule has 0 aromatic carbocycles. The van der Waals surface area contributed by atoms with Crippen molar-refractivity contribution in [3.8, 4) is 0 Å². The second-order valence-electron chi connectivity index (χ2n) is 8.64. The van der Waals surface area contributed by atoms with Crippen molar-refractivity contribution >= 4 is 34.7 Å². The minimum atomic E-state index is -5.08. The first-order valence-electron chi connectivity index (χ1n) is 10.8. The summed E-state index contributed by atoms with van der Waals surface area (Å²) >= 11 is 3.26. The van der Waals surface area contributed by atoms with Crippen molar-refractivity contribution in [3.63, 3.8) is 0 Å². The van der Waals surface area contributed by atoms with E-state index in [2.05, 4.69) is 20.8 Å². The highest BCUT2D eigenvalue weighted by Crippen LogP contribution is 2.32. The number of carbonyl (C=O) groups is 2. The zero-order valence-corrected chi connectivity index (χ0v) is 22.1. The van der Waals surface area contributed by atoms with E-state index in [0.717, 1.165) is 40.9 Å². The van der Waals surface area contributed by atoms with Crippen molar-refractivity contribution in [2.75, 3.05) is 13.2 Å². The molecule has 4 rings (SSSR count). The Morgan fingerprint density at radius 1 is 1.08 bits per heavy atom. The van der Waals surface area contributed by atoms with Crippen LogP contribution in [-0.2, 0) is 19.2 Å². The minimum Gasteiger partial charge on any atom is -0.475 e. The lowest BCUT2D eigenvalue weighted by Gasteiger charge is -2.26. The number of nitrogens with zero attached hydrogens (tertiary/aromatic N) is 3. The van der Waals surface area contributed by atoms with E-state index in [1.165, 1.54) is 5.06 Å². The van der Waals surface area contributed by atoms with Gasteiger partial charge in [-0.1, -0.05) is 0 Å². The molecule has 2 aromatic heterocycles. The number of ether oxygens (including phenoxy) is 1. The quantitative estimate of drug-likeness (QED) is 0.521. The number of alkyl halides is 3. The second kappa shape index (κ2) is 12.8. The zero-order valence-electron chi connectivity index (χ0n) is 20.4. The third-order valence-corrected chi connectivity index (χ3v) is 6.01. The van der Waals surface area contributed by atoms with Crippen molar-refractivity contribution in [3.05, 3.63) is 32.2 Å². The van der Waals surface area contributed by atoms with Gasteiger partial charge in [0.2, 0.25) is 0 Å². The Labute approximate surface area is 214 Å². The minimum absolute atomic E-state index is 0.134. The van der Waals surface area contributed by atoms with Crippen LogP contribution in [0.1, 0.15) is 67.1 Å². The third kappa shape index (κ3) is 9.61. The lowest BCUT2D eigenvalue weighted by atomic mass is 10.2. The van der Waals surface area contributed by atoms with Gasteiger partial charge in [-0.3, -0.25) is 4.84 Å². The van der Waals surface area contributed by atoms with E-state index in [-0.39, 0.29) is 6.04 Å². The molecule has 36 heavy (non-hydrogen) atoms. The molecular weight excluding hydrogens is 525 g/mol. The van der Waals surface area contributed by atoms with Gasteiger partial charge in [0.15, 0.2) is 0 Å². The highest BCUT2D eigenvalue weighted by Gasteiger charge is 2.38. The van der Waals surface area contributed by atoms with Gasteiger partial charge < -0.3 is 14.7 Å². The van der Waals surface area contributed by atoms with Crippen molar-refractivity contribution < 1.29 is 42.3 Å². The van der Waals surface area contributed by atoms with Gasteiger partial charge in [0.1, 0.15) is 11.6 Å². The number of thiazole rings is 2. The molecule has 0 bridgehead atoms. The number of hydrogen-bond acceptors (Lipinski definition) is 10. The molecule has 2 aromatic rings. The van der Waals surface area contributed by atoms with Crippen molar-refractivity contribution in [2.45, 2.75) is 71.3 Å². The Balaban J connectivity index is 0.000000215. The molecule has 0 aliphatic carbocycles. The number of aryl methyl sites for hydroxylation is 2. The standard InChI is InChI=1S/C12H18N2O3S.C7H10N2OS.C2HF3O2/c1-8-13-9(7-18-8)10-5-6-16-14(10)11(15)17-12(2,3)4;1-5-8-7(4-11-5)6-2-3-10-9-6;3-2(4,5)1(6)7/h7,10H,5-6H2,1-4H3;4,6,9H,2-3H2,1H3;(H,6,7)/t10-;6-;/m00./s1. The Morgan fingerprint density at radius 3 is 2.06 bits per heavy atom. The Bertz CT molecular complexity index is 1000. The van der Waals surface area contributed by atoms with E-state index in [1.807, 2.05) is 40.0 Å². The summed E-state index contributed by atoms with van der Waals surface area (Å²) in [5.41, 5.74) is 4.40. The monoisotopic (exact) mass is 554 g/mol. The Kier molecular flexibility index (Phi) is 10.6. The van der Waals surface area contributed by atoms with Crippen LogP contribution in [0.25, 0.3) is 0 Å². The summed E-state index contributed by atoms with van der Waals surface area (Å²) in [4.78, 5) is 40.1. The van der Waals surface area contributed by atoms with Gasteiger partial charge >= 0.3 is 18.2 Å². The first kappa shape index (κ1) is 29.9. The van der Waals surface area contributed by atoms with E-state index in [0.29, 0.717) is 12.6 Å². The highest BCUT2D eigenvalue weighted by atomic mass is 32.1. The summed E-state index contributed by atoms with van der Waals surface area (Å²) in [5.74, 6) is -2.76. The van der Waals surface area contributed by atoms with E-state index < -0.39 is 23.8 Å². The molecule has 2 fully saturated rings. The van der Waals surface area contributed by atoms with E-state index in [1.54, 1.807) is 22.7 Å². The van der Waals surface area contributed by atoms with Gasteiger partial charge in [-0.05, 0) is 41.0 Å². The summed E-state index contributed by atoms with van der Waals surface area (Å²) < 4.78 is 37.1. The summed E-state index contributed by atoms with van der Waals surface area (Å²) in [7, 11) is 0. The number of hydrogen-bond donors (Lipinski definition) is 2. The average molecular weight is 555 g/mol. The fraction of sp³-hybridized carbons (Fsp3) is 0.619. The molecule has 0 unspecified atom stereocenters. The van der Waals surface area contributed by atoms with Crippen LogP contribution < -0.4 is 5.48 Å². The largest absolute Gasteiger partial charge is 0.490 e. The number of nitrogens with one attached hydrogen (secondary N) is 1. The maximum absolute atomic E-state index is 12.0. The molecule has 0 spiro atoms. The van der Waals surface area contributed by atoms with Gasteiger partial charge in [-0.2, -0.15) is 23.7 Å². The molecule has 10 nitrogen and oxygen atoms in total. The maximum Gasteiger partial charge on any atom is 0.490 e. The van der Waals surface area contributed by atoms with Crippen LogP contribution in [0.2, 0.25) is 0 Å².